The third kappa shape index (κ3) is 11.1. The summed E-state index contributed by atoms with van der Waals surface area (Å²) in [6.07, 6.45) is 28.2. The molecule has 12 heteroatoms. The first-order valence-corrected chi connectivity index (χ1v) is 25.6. The standard InChI is InChI=1S/C52H76N8O4/c1-36-25-48(62)60(43-16-15-41(29-43)55-50(63)40-13-14-40)49-44(36)35-54-51(57-49)56-45-18-17-42(30-46(45)64-2)59-23-21-58(22-24-59)20-12-10-8-6-4-3-5-7-9-11-19-53-47(61)34-52-31-37-26-38(32-52)28-39(27-37)33-52/h17-18,25,30,35,37-41,43H,3-16,19-24,26-29,31-34H2,1-2H3,(H,53,61)(H,55,63)(H,54,56,57)/t37?,38?,39?,41?,43-,52?/m0/s1. The monoisotopic (exact) mass is 877 g/mol. The number of hydrogen-bond acceptors (Lipinski definition) is 9. The number of benzene rings is 1. The number of ether oxygens (including phenoxy) is 1. The van der Waals surface area contributed by atoms with Crippen molar-refractivity contribution in [2.24, 2.45) is 29.1 Å². The Hall–Kier alpha value is -4.19. The van der Waals surface area contributed by atoms with Crippen molar-refractivity contribution in [2.45, 2.75) is 160 Å². The molecule has 2 aromatic heterocycles. The third-order valence-electron chi connectivity index (χ3n) is 16.2. The van der Waals surface area contributed by atoms with Crippen LogP contribution >= 0.6 is 0 Å². The Morgan fingerprint density at radius 2 is 1.48 bits per heavy atom. The van der Waals surface area contributed by atoms with Gasteiger partial charge in [-0.05, 0) is 138 Å². The molecule has 2 amide bonds. The molecular weight excluding hydrogens is 801 g/mol. The van der Waals surface area contributed by atoms with E-state index in [1.54, 1.807) is 19.4 Å². The number of amides is 2. The highest BCUT2D eigenvalue weighted by molar-refractivity contribution is 5.81. The number of unbranched alkanes of at least 4 members (excludes halogenated alkanes) is 9. The van der Waals surface area contributed by atoms with Crippen molar-refractivity contribution >= 4 is 40.2 Å². The van der Waals surface area contributed by atoms with Gasteiger partial charge >= 0.3 is 0 Å². The van der Waals surface area contributed by atoms with Crippen LogP contribution in [0.1, 0.15) is 153 Å². The summed E-state index contributed by atoms with van der Waals surface area (Å²) in [5.74, 6) is 4.55. The van der Waals surface area contributed by atoms with Gasteiger partial charge in [0.25, 0.3) is 5.56 Å². The lowest BCUT2D eigenvalue weighted by atomic mass is 9.49. The number of nitrogens with one attached hydrogen (secondary N) is 3. The molecule has 12 nitrogen and oxygen atoms in total. The van der Waals surface area contributed by atoms with Crippen LogP contribution in [-0.4, -0.2) is 83.7 Å². The van der Waals surface area contributed by atoms with E-state index in [-0.39, 0.29) is 29.5 Å². The van der Waals surface area contributed by atoms with E-state index < -0.39 is 0 Å². The zero-order valence-corrected chi connectivity index (χ0v) is 39.0. The van der Waals surface area contributed by atoms with Gasteiger partial charge in [0.15, 0.2) is 0 Å². The van der Waals surface area contributed by atoms with E-state index in [9.17, 15) is 14.4 Å². The number of nitrogens with zero attached hydrogens (tertiary/aromatic N) is 5. The Morgan fingerprint density at radius 1 is 0.812 bits per heavy atom. The summed E-state index contributed by atoms with van der Waals surface area (Å²) in [4.78, 5) is 53.3. The quantitative estimate of drug-likeness (QED) is 0.0846. The van der Waals surface area contributed by atoms with Crippen molar-refractivity contribution in [1.82, 2.24) is 30.1 Å². The van der Waals surface area contributed by atoms with Crippen molar-refractivity contribution in [3.63, 3.8) is 0 Å². The van der Waals surface area contributed by atoms with E-state index in [0.717, 1.165) is 123 Å². The van der Waals surface area contributed by atoms with Crippen molar-refractivity contribution in [1.29, 1.82) is 0 Å². The maximum Gasteiger partial charge on any atom is 0.252 e. The van der Waals surface area contributed by atoms with Crippen molar-refractivity contribution in [3.05, 3.63) is 46.4 Å². The van der Waals surface area contributed by atoms with E-state index in [0.29, 0.717) is 22.9 Å². The number of fused-ring (bicyclic) bond motifs is 1. The van der Waals surface area contributed by atoms with Crippen LogP contribution < -0.4 is 31.1 Å². The molecule has 0 radical (unpaired) electrons. The molecule has 3 N–H and O–H groups in total. The van der Waals surface area contributed by atoms with Crippen molar-refractivity contribution in [2.75, 3.05) is 56.6 Å². The van der Waals surface area contributed by atoms with Gasteiger partial charge in [0.2, 0.25) is 17.8 Å². The molecule has 64 heavy (non-hydrogen) atoms. The lowest BCUT2D eigenvalue weighted by molar-refractivity contribution is -0.129. The van der Waals surface area contributed by atoms with E-state index in [1.807, 2.05) is 17.6 Å². The van der Waals surface area contributed by atoms with E-state index in [4.69, 9.17) is 9.72 Å². The fourth-order valence-corrected chi connectivity index (χ4v) is 13.0. The van der Waals surface area contributed by atoms with Gasteiger partial charge in [-0.3, -0.25) is 23.9 Å². The second kappa shape index (κ2) is 20.5. The maximum atomic E-state index is 13.4. The molecule has 10 rings (SSSR count). The van der Waals surface area contributed by atoms with Crippen LogP contribution in [0, 0.1) is 36.0 Å². The minimum Gasteiger partial charge on any atom is -0.494 e. The molecule has 0 spiro atoms. The smallest absolute Gasteiger partial charge is 0.252 e. The molecule has 2 atom stereocenters. The lowest BCUT2D eigenvalue weighted by Gasteiger charge is -2.56. The second-order valence-corrected chi connectivity index (χ2v) is 21.2. The highest BCUT2D eigenvalue weighted by Gasteiger charge is 2.51. The maximum absolute atomic E-state index is 13.4. The van der Waals surface area contributed by atoms with Crippen LogP contribution in [0.15, 0.2) is 35.3 Å². The summed E-state index contributed by atoms with van der Waals surface area (Å²) in [7, 11) is 1.69. The predicted molar refractivity (Wildman–Crippen MR) is 255 cm³/mol. The molecule has 1 aliphatic heterocycles. The molecule has 348 valence electrons. The van der Waals surface area contributed by atoms with Crippen LogP contribution in [0.4, 0.5) is 17.3 Å². The minimum absolute atomic E-state index is 0.0350. The summed E-state index contributed by atoms with van der Waals surface area (Å²) in [6.45, 7) is 8.07. The normalized spacial score (nSPS) is 26.4. The van der Waals surface area contributed by atoms with Crippen molar-refractivity contribution < 1.29 is 14.3 Å². The predicted octanol–water partition coefficient (Wildman–Crippen LogP) is 9.22. The number of pyridine rings is 1. The van der Waals surface area contributed by atoms with Gasteiger partial charge in [0, 0.05) is 86.5 Å². The van der Waals surface area contributed by atoms with Gasteiger partial charge in [-0.2, -0.15) is 4.98 Å². The molecule has 7 fully saturated rings. The van der Waals surface area contributed by atoms with E-state index in [2.05, 4.69) is 42.9 Å². The largest absolute Gasteiger partial charge is 0.494 e. The zero-order chi connectivity index (χ0) is 44.0. The number of carbonyl (C=O) groups is 2. The number of hydrogen-bond donors (Lipinski definition) is 3. The Kier molecular flexibility index (Phi) is 14.4. The number of piperazine rings is 1. The van der Waals surface area contributed by atoms with Crippen LogP contribution in [-0.2, 0) is 9.59 Å². The van der Waals surface area contributed by atoms with Crippen LogP contribution in [0.2, 0.25) is 0 Å². The lowest BCUT2D eigenvalue weighted by Crippen LogP contribution is -2.48. The summed E-state index contributed by atoms with van der Waals surface area (Å²) in [5, 5.41) is 10.7. The summed E-state index contributed by atoms with van der Waals surface area (Å²) >= 11 is 0. The highest BCUT2D eigenvalue weighted by Crippen LogP contribution is 2.61. The topological polar surface area (TPSA) is 134 Å². The molecule has 1 aromatic carbocycles. The minimum atomic E-state index is -0.0695. The Morgan fingerprint density at radius 3 is 2.16 bits per heavy atom. The van der Waals surface area contributed by atoms with Crippen LogP contribution in [0.3, 0.4) is 0 Å². The van der Waals surface area contributed by atoms with Crippen LogP contribution in [0.25, 0.3) is 11.0 Å². The Labute approximate surface area is 381 Å². The van der Waals surface area contributed by atoms with Gasteiger partial charge in [-0.1, -0.05) is 51.4 Å². The SMILES string of the molecule is COc1cc(N2CCN(CCCCCCCCCCCCNC(=O)CC34CC5CC(CC(C5)C3)C4)CC2)ccc1Nc1ncc2c(C)cc(=O)n([C@H]3CCC(NC(=O)C4CC4)C3)c2n1. The van der Waals surface area contributed by atoms with Crippen molar-refractivity contribution in [3.8, 4) is 5.75 Å². The zero-order valence-electron chi connectivity index (χ0n) is 39.0. The summed E-state index contributed by atoms with van der Waals surface area (Å²) in [5.41, 5.74) is 3.67. The van der Waals surface area contributed by atoms with Gasteiger partial charge in [0.05, 0.1) is 12.8 Å². The first-order valence-electron chi connectivity index (χ1n) is 25.6. The van der Waals surface area contributed by atoms with Gasteiger partial charge in [0.1, 0.15) is 11.4 Å². The van der Waals surface area contributed by atoms with Gasteiger partial charge in [-0.25, -0.2) is 4.98 Å². The molecular formula is C52H76N8O4. The molecule has 4 bridgehead atoms. The summed E-state index contributed by atoms with van der Waals surface area (Å²) < 4.78 is 7.69. The second-order valence-electron chi connectivity index (χ2n) is 21.2. The molecule has 7 aliphatic rings. The van der Waals surface area contributed by atoms with Gasteiger partial charge < -0.3 is 25.6 Å². The first-order chi connectivity index (χ1) is 31.2. The molecule has 3 aromatic rings. The Bertz CT molecular complexity index is 2110. The first kappa shape index (κ1) is 45.0. The number of carbonyl (C=O) groups excluding carboxylic acids is 2. The fraction of sp³-hybridized carbons (Fsp3) is 0.712. The molecule has 1 saturated heterocycles. The molecule has 3 heterocycles. The molecule has 6 aliphatic carbocycles. The van der Waals surface area contributed by atoms with E-state index in [1.165, 1.54) is 103 Å². The fourth-order valence-electron chi connectivity index (χ4n) is 13.0. The average molecular weight is 877 g/mol. The summed E-state index contributed by atoms with van der Waals surface area (Å²) in [6, 6.07) is 7.99. The average Bonchev–Trinajstić information content (AvgIpc) is 4.04. The third-order valence-corrected chi connectivity index (χ3v) is 16.2. The van der Waals surface area contributed by atoms with Gasteiger partial charge in [-0.15, -0.1) is 0 Å². The number of methoxy groups -OCH3 is 1. The number of aromatic nitrogens is 3. The van der Waals surface area contributed by atoms with Crippen LogP contribution in [0.5, 0.6) is 5.75 Å². The number of aryl methyl sites for hydroxylation is 1. The number of rotatable bonds is 22. The number of anilines is 3. The molecule has 6 saturated carbocycles. The Balaban J connectivity index is 0.643. The highest BCUT2D eigenvalue weighted by atomic mass is 16.5. The molecule has 1 unspecified atom stereocenters. The van der Waals surface area contributed by atoms with E-state index >= 15 is 0 Å².